The van der Waals surface area contributed by atoms with Gasteiger partial charge in [-0.15, -0.1) is 0 Å². The molecule has 1 saturated heterocycles. The normalized spacial score (nSPS) is 31.0. The van der Waals surface area contributed by atoms with Gasteiger partial charge in [0.25, 0.3) is 0 Å². The molecule has 126 valence electrons. The predicted molar refractivity (Wildman–Crippen MR) is 68.6 cm³/mol. The Morgan fingerprint density at radius 1 is 1.24 bits per heavy atom. The van der Waals surface area contributed by atoms with Crippen molar-refractivity contribution in [3.63, 3.8) is 0 Å². The molecule has 1 aliphatic heterocycles. The first kappa shape index (κ1) is 18.7. The second kappa shape index (κ2) is 7.76. The minimum Gasteiger partial charge on any atom is -0.395 e. The number of rotatable bonds is 7. The standard InChI is InChI=1S/C10H21NO9S/c12-4-6-1-7(14)8(15)2-11(6)3-9(16)10(5-13)20-21(17,18)19/h6-10,12-16H,1-5H2,(H,17,18,19)/t6-,7-,8-,9-,10+/m1/s1. The molecule has 1 rings (SSSR count). The summed E-state index contributed by atoms with van der Waals surface area (Å²) in [5, 5.41) is 47.2. The molecule has 1 aliphatic rings. The van der Waals surface area contributed by atoms with Crippen LogP contribution in [0.15, 0.2) is 0 Å². The van der Waals surface area contributed by atoms with Crippen LogP contribution in [0.25, 0.3) is 0 Å². The van der Waals surface area contributed by atoms with Gasteiger partial charge in [0.15, 0.2) is 0 Å². The Bertz CT molecular complexity index is 417. The van der Waals surface area contributed by atoms with Gasteiger partial charge in [-0.2, -0.15) is 8.42 Å². The number of aliphatic hydroxyl groups excluding tert-OH is 5. The maximum absolute atomic E-state index is 10.6. The summed E-state index contributed by atoms with van der Waals surface area (Å²) in [6.07, 6.45) is -5.07. The molecule has 0 saturated carbocycles. The van der Waals surface area contributed by atoms with Gasteiger partial charge in [0.1, 0.15) is 6.10 Å². The molecule has 0 bridgehead atoms. The molecule has 0 unspecified atom stereocenters. The molecule has 0 spiro atoms. The molecule has 0 amide bonds. The minimum atomic E-state index is -4.84. The van der Waals surface area contributed by atoms with Crippen LogP contribution in [0, 0.1) is 0 Å². The highest BCUT2D eigenvalue weighted by atomic mass is 32.3. The average molecular weight is 331 g/mol. The summed E-state index contributed by atoms with van der Waals surface area (Å²) >= 11 is 0. The van der Waals surface area contributed by atoms with Crippen LogP contribution >= 0.6 is 0 Å². The topological polar surface area (TPSA) is 168 Å². The monoisotopic (exact) mass is 331 g/mol. The summed E-state index contributed by atoms with van der Waals surface area (Å²) in [6, 6.07) is -0.539. The minimum absolute atomic E-state index is 0.0481. The summed E-state index contributed by atoms with van der Waals surface area (Å²) in [4.78, 5) is 1.44. The van der Waals surface area contributed by atoms with Crippen LogP contribution in [0.2, 0.25) is 0 Å². The van der Waals surface area contributed by atoms with Crippen molar-refractivity contribution in [3.8, 4) is 0 Å². The van der Waals surface area contributed by atoms with E-state index in [0.29, 0.717) is 0 Å². The Balaban J connectivity index is 2.68. The fourth-order valence-electron chi connectivity index (χ4n) is 2.24. The Hall–Kier alpha value is -0.370. The molecular weight excluding hydrogens is 310 g/mol. The van der Waals surface area contributed by atoms with E-state index in [1.807, 2.05) is 0 Å². The summed E-state index contributed by atoms with van der Waals surface area (Å²) in [7, 11) is -4.84. The third-order valence-electron chi connectivity index (χ3n) is 3.38. The summed E-state index contributed by atoms with van der Waals surface area (Å²) in [6.45, 7) is -1.47. The Labute approximate surface area is 122 Å². The highest BCUT2D eigenvalue weighted by Gasteiger charge is 2.36. The molecular formula is C10H21NO9S. The number of hydrogen-bond donors (Lipinski definition) is 6. The fourth-order valence-corrected chi connectivity index (χ4v) is 2.74. The molecule has 5 atom stereocenters. The van der Waals surface area contributed by atoms with Gasteiger partial charge in [0, 0.05) is 19.1 Å². The third kappa shape index (κ3) is 5.73. The van der Waals surface area contributed by atoms with E-state index < -0.39 is 47.5 Å². The third-order valence-corrected chi connectivity index (χ3v) is 3.87. The molecule has 1 fully saturated rings. The van der Waals surface area contributed by atoms with E-state index in [9.17, 15) is 28.8 Å². The molecule has 6 N–H and O–H groups in total. The Morgan fingerprint density at radius 2 is 1.86 bits per heavy atom. The maximum atomic E-state index is 10.6. The molecule has 10 nitrogen and oxygen atoms in total. The lowest BCUT2D eigenvalue weighted by Gasteiger charge is -2.41. The largest absolute Gasteiger partial charge is 0.397 e. The quantitative estimate of drug-likeness (QED) is 0.255. The van der Waals surface area contributed by atoms with Gasteiger partial charge < -0.3 is 25.5 Å². The zero-order valence-electron chi connectivity index (χ0n) is 11.2. The molecule has 21 heavy (non-hydrogen) atoms. The lowest BCUT2D eigenvalue weighted by atomic mass is 9.97. The summed E-state index contributed by atoms with van der Waals surface area (Å²) < 4.78 is 33.9. The Morgan fingerprint density at radius 3 is 2.33 bits per heavy atom. The first-order valence-electron chi connectivity index (χ1n) is 6.33. The lowest BCUT2D eigenvalue weighted by Crippen LogP contribution is -2.56. The van der Waals surface area contributed by atoms with Crippen molar-refractivity contribution in [3.05, 3.63) is 0 Å². The fraction of sp³-hybridized carbons (Fsp3) is 1.00. The molecule has 0 aromatic carbocycles. The summed E-state index contributed by atoms with van der Waals surface area (Å²) in [5.41, 5.74) is 0. The van der Waals surface area contributed by atoms with Gasteiger partial charge in [-0.1, -0.05) is 0 Å². The van der Waals surface area contributed by atoms with E-state index in [4.69, 9.17) is 9.66 Å². The number of nitrogens with zero attached hydrogens (tertiary/aromatic N) is 1. The SMILES string of the molecule is O=S(=O)(O)O[C@@H](CO)[C@H](O)CN1C[C@@H](O)[C@H](O)C[C@@H]1CO. The molecule has 0 aliphatic carbocycles. The Kier molecular flexibility index (Phi) is 6.90. The van der Waals surface area contributed by atoms with E-state index in [1.54, 1.807) is 0 Å². The molecule has 0 aromatic heterocycles. The van der Waals surface area contributed by atoms with Crippen LogP contribution in [0.1, 0.15) is 6.42 Å². The van der Waals surface area contributed by atoms with Gasteiger partial charge in [0.2, 0.25) is 0 Å². The number of hydrogen-bond acceptors (Lipinski definition) is 9. The van der Waals surface area contributed by atoms with Crippen molar-refractivity contribution >= 4 is 10.4 Å². The highest BCUT2D eigenvalue weighted by Crippen LogP contribution is 2.19. The van der Waals surface area contributed by atoms with Gasteiger partial charge >= 0.3 is 10.4 Å². The number of β-amino-alcohol motifs (C(OH)–C–C–N with tert-alkyl or cyclic N) is 2. The molecule has 11 heteroatoms. The van der Waals surface area contributed by atoms with Crippen molar-refractivity contribution in [2.75, 3.05) is 26.3 Å². The van der Waals surface area contributed by atoms with Crippen LogP contribution in [-0.4, -0.2) is 100 Å². The van der Waals surface area contributed by atoms with Crippen molar-refractivity contribution in [1.82, 2.24) is 4.90 Å². The molecule has 0 radical (unpaired) electrons. The number of piperidine rings is 1. The van der Waals surface area contributed by atoms with Gasteiger partial charge in [-0.05, 0) is 6.42 Å². The van der Waals surface area contributed by atoms with E-state index in [2.05, 4.69) is 4.18 Å². The van der Waals surface area contributed by atoms with Crippen molar-refractivity contribution in [2.45, 2.75) is 36.9 Å². The van der Waals surface area contributed by atoms with E-state index in [0.717, 1.165) is 0 Å². The number of likely N-dealkylation sites (tertiary alicyclic amines) is 1. The van der Waals surface area contributed by atoms with Crippen molar-refractivity contribution in [1.29, 1.82) is 0 Å². The van der Waals surface area contributed by atoms with Crippen LogP contribution in [0.5, 0.6) is 0 Å². The van der Waals surface area contributed by atoms with Crippen molar-refractivity contribution < 1.29 is 42.7 Å². The first-order valence-corrected chi connectivity index (χ1v) is 7.70. The highest BCUT2D eigenvalue weighted by molar-refractivity contribution is 7.80. The smallest absolute Gasteiger partial charge is 0.395 e. The van der Waals surface area contributed by atoms with Crippen molar-refractivity contribution in [2.24, 2.45) is 0 Å². The predicted octanol–water partition coefficient (Wildman–Crippen LogP) is -3.68. The van der Waals surface area contributed by atoms with Crippen LogP contribution in [-0.2, 0) is 14.6 Å². The van der Waals surface area contributed by atoms with E-state index in [-0.39, 0.29) is 26.1 Å². The zero-order valence-corrected chi connectivity index (χ0v) is 12.0. The van der Waals surface area contributed by atoms with Crippen LogP contribution in [0.3, 0.4) is 0 Å². The maximum Gasteiger partial charge on any atom is 0.397 e. The van der Waals surface area contributed by atoms with E-state index in [1.165, 1.54) is 4.90 Å². The van der Waals surface area contributed by atoms with Crippen LogP contribution < -0.4 is 0 Å². The molecule has 0 aromatic rings. The van der Waals surface area contributed by atoms with Gasteiger partial charge in [-0.25, -0.2) is 4.18 Å². The first-order chi connectivity index (χ1) is 9.67. The van der Waals surface area contributed by atoms with Crippen LogP contribution in [0.4, 0.5) is 0 Å². The van der Waals surface area contributed by atoms with Gasteiger partial charge in [-0.3, -0.25) is 9.45 Å². The summed E-state index contributed by atoms with van der Waals surface area (Å²) in [5.74, 6) is 0. The number of aliphatic hydroxyl groups is 5. The zero-order chi connectivity index (χ0) is 16.2. The second-order valence-corrected chi connectivity index (χ2v) is 6.02. The molecule has 1 heterocycles. The lowest BCUT2D eigenvalue weighted by molar-refractivity contribution is -0.0918. The van der Waals surface area contributed by atoms with Gasteiger partial charge in [0.05, 0.1) is 31.5 Å². The van der Waals surface area contributed by atoms with E-state index >= 15 is 0 Å². The second-order valence-electron chi connectivity index (χ2n) is 4.97. The average Bonchev–Trinajstić information content (AvgIpc) is 2.38.